The molecule has 0 fully saturated rings. The van der Waals surface area contributed by atoms with Gasteiger partial charge in [0.2, 0.25) is 0 Å². The van der Waals surface area contributed by atoms with Crippen molar-refractivity contribution in [2.75, 3.05) is 0 Å². The highest BCUT2D eigenvalue weighted by molar-refractivity contribution is 5.91. The fraction of sp³-hybridized carbons (Fsp3) is 0.176. The molecule has 1 N–H and O–H groups in total. The maximum atomic E-state index is 10.9. The summed E-state index contributed by atoms with van der Waals surface area (Å²) in [6, 6.07) is 13.0. The van der Waals surface area contributed by atoms with E-state index in [0.29, 0.717) is 23.4 Å². The molecule has 0 aliphatic carbocycles. The monoisotopic (exact) mass is 281 g/mol. The molecule has 0 atom stereocenters. The zero-order chi connectivity index (χ0) is 14.8. The molecule has 0 unspecified atom stereocenters. The molecule has 0 radical (unpaired) electrons. The largest absolute Gasteiger partial charge is 0.478 e. The second kappa shape index (κ2) is 5.40. The van der Waals surface area contributed by atoms with Gasteiger partial charge in [-0.15, -0.1) is 0 Å². The third-order valence-electron chi connectivity index (χ3n) is 3.55. The van der Waals surface area contributed by atoms with Crippen molar-refractivity contribution in [2.45, 2.75) is 19.8 Å². The molecule has 2 aromatic carbocycles. The molecule has 3 rings (SSSR count). The highest BCUT2D eigenvalue weighted by Crippen LogP contribution is 2.19. The van der Waals surface area contributed by atoms with E-state index in [-0.39, 0.29) is 5.56 Å². The van der Waals surface area contributed by atoms with E-state index in [1.807, 2.05) is 12.1 Å². The van der Waals surface area contributed by atoms with Gasteiger partial charge in [-0.3, -0.25) is 0 Å². The zero-order valence-electron chi connectivity index (χ0n) is 11.7. The van der Waals surface area contributed by atoms with E-state index in [9.17, 15) is 4.79 Å². The third kappa shape index (κ3) is 2.79. The van der Waals surface area contributed by atoms with Crippen LogP contribution in [0.1, 0.15) is 27.4 Å². The quantitative estimate of drug-likeness (QED) is 0.793. The van der Waals surface area contributed by atoms with Crippen LogP contribution < -0.4 is 0 Å². The first kappa shape index (κ1) is 13.4. The molecule has 4 heteroatoms. The maximum Gasteiger partial charge on any atom is 0.335 e. The number of aromatic nitrogens is 1. The Morgan fingerprint density at radius 1 is 1.19 bits per heavy atom. The molecule has 21 heavy (non-hydrogen) atoms. The van der Waals surface area contributed by atoms with Gasteiger partial charge >= 0.3 is 5.97 Å². The van der Waals surface area contributed by atoms with Gasteiger partial charge < -0.3 is 9.52 Å². The number of benzene rings is 2. The van der Waals surface area contributed by atoms with Gasteiger partial charge in [-0.05, 0) is 42.7 Å². The molecule has 1 heterocycles. The van der Waals surface area contributed by atoms with E-state index in [2.05, 4.69) is 24.0 Å². The van der Waals surface area contributed by atoms with Crippen LogP contribution in [0.15, 0.2) is 46.9 Å². The number of carboxylic acid groups (broad SMARTS) is 1. The summed E-state index contributed by atoms with van der Waals surface area (Å²) < 4.78 is 5.65. The van der Waals surface area contributed by atoms with Crippen LogP contribution >= 0.6 is 0 Å². The van der Waals surface area contributed by atoms with Crippen LogP contribution in [0.5, 0.6) is 0 Å². The van der Waals surface area contributed by atoms with Gasteiger partial charge in [0.15, 0.2) is 11.5 Å². The zero-order valence-corrected chi connectivity index (χ0v) is 11.7. The molecule has 4 nitrogen and oxygen atoms in total. The predicted molar refractivity (Wildman–Crippen MR) is 79.6 cm³/mol. The number of carboxylic acids is 1. The Morgan fingerprint density at radius 2 is 2.00 bits per heavy atom. The summed E-state index contributed by atoms with van der Waals surface area (Å²) in [6.07, 6.45) is 1.55. The molecule has 106 valence electrons. The number of nitrogens with zero attached hydrogens (tertiary/aromatic N) is 1. The van der Waals surface area contributed by atoms with Crippen LogP contribution in [0, 0.1) is 6.92 Å². The maximum absolute atomic E-state index is 10.9. The van der Waals surface area contributed by atoms with Crippen molar-refractivity contribution >= 4 is 17.1 Å². The number of rotatable bonds is 4. The van der Waals surface area contributed by atoms with Crippen LogP contribution in [0.4, 0.5) is 0 Å². The molecular weight excluding hydrogens is 266 g/mol. The lowest BCUT2D eigenvalue weighted by Crippen LogP contribution is -1.94. The summed E-state index contributed by atoms with van der Waals surface area (Å²) in [6.45, 7) is 2.08. The summed E-state index contributed by atoms with van der Waals surface area (Å²) in [5.41, 5.74) is 3.95. The number of oxazole rings is 1. The van der Waals surface area contributed by atoms with E-state index < -0.39 is 5.97 Å². The van der Waals surface area contributed by atoms with E-state index in [1.54, 1.807) is 6.07 Å². The molecule has 0 aliphatic rings. The second-order valence-corrected chi connectivity index (χ2v) is 5.02. The first-order valence-electron chi connectivity index (χ1n) is 6.81. The lowest BCUT2D eigenvalue weighted by atomic mass is 10.0. The van der Waals surface area contributed by atoms with Crippen molar-refractivity contribution in [1.82, 2.24) is 4.98 Å². The second-order valence-electron chi connectivity index (χ2n) is 5.02. The van der Waals surface area contributed by atoms with E-state index in [0.717, 1.165) is 6.42 Å². The minimum Gasteiger partial charge on any atom is -0.478 e. The Balaban J connectivity index is 1.82. The normalized spacial score (nSPS) is 10.9. The Bertz CT molecular complexity index is 805. The van der Waals surface area contributed by atoms with Crippen LogP contribution in [-0.4, -0.2) is 16.1 Å². The Kier molecular flexibility index (Phi) is 3.44. The Hall–Kier alpha value is -2.62. The van der Waals surface area contributed by atoms with Crippen molar-refractivity contribution in [1.29, 1.82) is 0 Å². The van der Waals surface area contributed by atoms with Gasteiger partial charge in [0.1, 0.15) is 5.52 Å². The Morgan fingerprint density at radius 3 is 2.76 bits per heavy atom. The third-order valence-corrected chi connectivity index (χ3v) is 3.55. The SMILES string of the molecule is Cc1ccccc1CCc1nc2ccc(C(=O)O)cc2o1. The van der Waals surface area contributed by atoms with Crippen molar-refractivity contribution in [2.24, 2.45) is 0 Å². The summed E-state index contributed by atoms with van der Waals surface area (Å²) >= 11 is 0. The predicted octanol–water partition coefficient (Wildman–Crippen LogP) is 3.62. The summed E-state index contributed by atoms with van der Waals surface area (Å²) in [5.74, 6) is -0.328. The fourth-order valence-corrected chi connectivity index (χ4v) is 2.34. The molecule has 0 saturated carbocycles. The standard InChI is InChI=1S/C17H15NO3/c1-11-4-2-3-5-12(11)7-9-16-18-14-8-6-13(17(19)20)10-15(14)21-16/h2-6,8,10H,7,9H2,1H3,(H,19,20). The highest BCUT2D eigenvalue weighted by Gasteiger charge is 2.10. The molecule has 0 amide bonds. The van der Waals surface area contributed by atoms with Crippen LogP contribution in [0.25, 0.3) is 11.1 Å². The van der Waals surface area contributed by atoms with E-state index in [4.69, 9.17) is 9.52 Å². The lowest BCUT2D eigenvalue weighted by Gasteiger charge is -2.02. The topological polar surface area (TPSA) is 63.3 Å². The van der Waals surface area contributed by atoms with Gasteiger partial charge in [0, 0.05) is 6.42 Å². The average molecular weight is 281 g/mol. The summed E-state index contributed by atoms with van der Waals surface area (Å²) in [5, 5.41) is 8.97. The molecule has 0 saturated heterocycles. The molecular formula is C17H15NO3. The van der Waals surface area contributed by atoms with Gasteiger partial charge in [-0.2, -0.15) is 0 Å². The first-order chi connectivity index (χ1) is 10.1. The van der Waals surface area contributed by atoms with Crippen molar-refractivity contribution in [3.8, 4) is 0 Å². The number of hydrogen-bond donors (Lipinski definition) is 1. The lowest BCUT2D eigenvalue weighted by molar-refractivity contribution is 0.0697. The highest BCUT2D eigenvalue weighted by atomic mass is 16.4. The summed E-state index contributed by atoms with van der Waals surface area (Å²) in [7, 11) is 0. The van der Waals surface area contributed by atoms with Crippen LogP contribution in [-0.2, 0) is 12.8 Å². The minimum absolute atomic E-state index is 0.212. The smallest absolute Gasteiger partial charge is 0.335 e. The van der Waals surface area contributed by atoms with Crippen LogP contribution in [0.2, 0.25) is 0 Å². The van der Waals surface area contributed by atoms with Gasteiger partial charge in [0.05, 0.1) is 5.56 Å². The minimum atomic E-state index is -0.963. The molecule has 0 aliphatic heterocycles. The molecule has 0 bridgehead atoms. The van der Waals surface area contributed by atoms with Gasteiger partial charge in [0.25, 0.3) is 0 Å². The molecule has 0 spiro atoms. The summed E-state index contributed by atoms with van der Waals surface area (Å²) in [4.78, 5) is 15.3. The van der Waals surface area contributed by atoms with Crippen molar-refractivity contribution < 1.29 is 14.3 Å². The van der Waals surface area contributed by atoms with E-state index in [1.165, 1.54) is 23.3 Å². The number of aryl methyl sites for hydroxylation is 3. The van der Waals surface area contributed by atoms with Gasteiger partial charge in [-0.1, -0.05) is 24.3 Å². The van der Waals surface area contributed by atoms with E-state index >= 15 is 0 Å². The molecule has 1 aromatic heterocycles. The first-order valence-corrected chi connectivity index (χ1v) is 6.81. The van der Waals surface area contributed by atoms with Gasteiger partial charge in [-0.25, -0.2) is 9.78 Å². The number of aromatic carboxylic acids is 1. The van der Waals surface area contributed by atoms with Crippen molar-refractivity contribution in [3.63, 3.8) is 0 Å². The van der Waals surface area contributed by atoms with Crippen molar-refractivity contribution in [3.05, 3.63) is 65.0 Å². The molecule has 3 aromatic rings. The average Bonchev–Trinajstić information content (AvgIpc) is 2.88. The number of carbonyl (C=O) groups is 1. The number of hydrogen-bond acceptors (Lipinski definition) is 3. The Labute approximate surface area is 122 Å². The fourth-order valence-electron chi connectivity index (χ4n) is 2.34. The number of fused-ring (bicyclic) bond motifs is 1. The van der Waals surface area contributed by atoms with Crippen LogP contribution in [0.3, 0.4) is 0 Å².